The normalized spacial score (nSPS) is 16.2. The molecule has 28 heavy (non-hydrogen) atoms. The van der Waals surface area contributed by atoms with Crippen LogP contribution in [-0.2, 0) is 9.47 Å². The molecule has 1 amide bonds. The highest BCUT2D eigenvalue weighted by Gasteiger charge is 2.44. The van der Waals surface area contributed by atoms with Crippen LogP contribution in [0.25, 0.3) is 11.5 Å². The highest BCUT2D eigenvalue weighted by Crippen LogP contribution is 2.45. The third kappa shape index (κ3) is 3.10. The number of aromatic amines is 1. The molecule has 9 heteroatoms. The Kier molecular flexibility index (Phi) is 5.16. The maximum absolute atomic E-state index is 13.1. The lowest BCUT2D eigenvalue weighted by molar-refractivity contribution is -0.113. The lowest BCUT2D eigenvalue weighted by Gasteiger charge is -2.29. The number of nitrogens with zero attached hydrogens (tertiary/aromatic N) is 2. The molecule has 0 fully saturated rings. The summed E-state index contributed by atoms with van der Waals surface area (Å²) in [5, 5.41) is 8.11. The van der Waals surface area contributed by atoms with Crippen LogP contribution in [0.15, 0.2) is 41.0 Å². The first-order valence-electron chi connectivity index (χ1n) is 8.48. The second-order valence-corrected chi connectivity index (χ2v) is 7.11. The first-order valence-corrected chi connectivity index (χ1v) is 9.24. The molecule has 1 aliphatic rings. The van der Waals surface area contributed by atoms with Crippen LogP contribution in [0.2, 0.25) is 10.0 Å². The molecule has 0 saturated heterocycles. The number of aromatic nitrogens is 2. The molecule has 3 heterocycles. The molecule has 0 bridgehead atoms. The van der Waals surface area contributed by atoms with Crippen LogP contribution in [0.1, 0.15) is 27.7 Å². The Morgan fingerprint density at radius 2 is 2.07 bits per heavy atom. The smallest absolute Gasteiger partial charge is 0.275 e. The quantitative estimate of drug-likeness (QED) is 0.604. The zero-order valence-corrected chi connectivity index (χ0v) is 16.6. The molecule has 146 valence electrons. The van der Waals surface area contributed by atoms with Crippen LogP contribution in [0.4, 0.5) is 0 Å². The molecule has 1 unspecified atom stereocenters. The SMILES string of the molecule is COC(CN1C(=O)c2n[nH]c(-c3ccco3)c2C1c1ccc(Cl)cc1Cl)OC. The predicted molar refractivity (Wildman–Crippen MR) is 103 cm³/mol. The van der Waals surface area contributed by atoms with Gasteiger partial charge in [-0.25, -0.2) is 0 Å². The summed E-state index contributed by atoms with van der Waals surface area (Å²) in [6.45, 7) is 0.198. The van der Waals surface area contributed by atoms with Crippen molar-refractivity contribution in [3.8, 4) is 11.5 Å². The third-order valence-corrected chi connectivity index (χ3v) is 5.31. The summed E-state index contributed by atoms with van der Waals surface area (Å²) in [5.41, 5.74) is 2.35. The number of nitrogens with one attached hydrogen (secondary N) is 1. The van der Waals surface area contributed by atoms with Gasteiger partial charge in [-0.3, -0.25) is 9.89 Å². The number of fused-ring (bicyclic) bond motifs is 1. The number of hydrogen-bond acceptors (Lipinski definition) is 5. The first kappa shape index (κ1) is 19.0. The number of carbonyl (C=O) groups excluding carboxylic acids is 1. The van der Waals surface area contributed by atoms with Gasteiger partial charge in [0.1, 0.15) is 5.69 Å². The zero-order chi connectivity index (χ0) is 19.8. The van der Waals surface area contributed by atoms with Crippen LogP contribution < -0.4 is 0 Å². The summed E-state index contributed by atoms with van der Waals surface area (Å²) < 4.78 is 16.1. The van der Waals surface area contributed by atoms with E-state index in [1.807, 2.05) is 0 Å². The van der Waals surface area contributed by atoms with E-state index in [4.69, 9.17) is 37.1 Å². The molecule has 0 saturated carbocycles. The molecule has 0 spiro atoms. The molecule has 1 N–H and O–H groups in total. The molecule has 3 aromatic rings. The molecule has 7 nitrogen and oxygen atoms in total. The number of rotatable bonds is 6. The van der Waals surface area contributed by atoms with Gasteiger partial charge in [-0.1, -0.05) is 29.3 Å². The van der Waals surface area contributed by atoms with Crippen molar-refractivity contribution in [3.63, 3.8) is 0 Å². The van der Waals surface area contributed by atoms with E-state index in [0.717, 1.165) is 5.56 Å². The highest BCUT2D eigenvalue weighted by atomic mass is 35.5. The van der Waals surface area contributed by atoms with Gasteiger partial charge in [-0.2, -0.15) is 5.10 Å². The standard InChI is InChI=1S/C19H17Cl2N3O4/c1-26-14(27-2)9-24-18(11-6-5-10(20)8-12(11)21)15-16(13-4-3-7-28-13)22-23-17(15)19(24)25/h3-8,14,18H,9H2,1-2H3,(H,22,23). The van der Waals surface area contributed by atoms with E-state index in [-0.39, 0.29) is 12.5 Å². The number of benzene rings is 1. The molecule has 1 aromatic carbocycles. The number of methoxy groups -OCH3 is 2. The van der Waals surface area contributed by atoms with Gasteiger partial charge in [0.2, 0.25) is 0 Å². The van der Waals surface area contributed by atoms with Gasteiger partial charge in [0, 0.05) is 29.8 Å². The van der Waals surface area contributed by atoms with E-state index in [2.05, 4.69) is 10.2 Å². The topological polar surface area (TPSA) is 80.6 Å². The summed E-state index contributed by atoms with van der Waals surface area (Å²) in [6.07, 6.45) is 0.963. The number of amides is 1. The Morgan fingerprint density at radius 1 is 1.29 bits per heavy atom. The van der Waals surface area contributed by atoms with Crippen molar-refractivity contribution in [2.24, 2.45) is 0 Å². The number of halogens is 2. The van der Waals surface area contributed by atoms with E-state index in [1.165, 1.54) is 14.2 Å². The summed E-state index contributed by atoms with van der Waals surface area (Å²) in [4.78, 5) is 14.8. The molecule has 4 rings (SSSR count). The van der Waals surface area contributed by atoms with Gasteiger partial charge in [-0.05, 0) is 29.8 Å². The van der Waals surface area contributed by atoms with Gasteiger partial charge in [-0.15, -0.1) is 0 Å². The first-order chi connectivity index (χ1) is 13.5. The Labute approximate surface area is 171 Å². The van der Waals surface area contributed by atoms with Crippen molar-refractivity contribution in [2.45, 2.75) is 12.3 Å². The summed E-state index contributed by atoms with van der Waals surface area (Å²) in [6, 6.07) is 8.26. The van der Waals surface area contributed by atoms with Gasteiger partial charge >= 0.3 is 0 Å². The Balaban J connectivity index is 1.87. The van der Waals surface area contributed by atoms with E-state index in [9.17, 15) is 4.79 Å². The number of hydrogen-bond donors (Lipinski definition) is 1. The van der Waals surface area contributed by atoms with E-state index < -0.39 is 12.3 Å². The predicted octanol–water partition coefficient (Wildman–Crippen LogP) is 4.14. The molecule has 0 radical (unpaired) electrons. The average Bonchev–Trinajstić information content (AvgIpc) is 3.39. The fraction of sp³-hybridized carbons (Fsp3) is 0.263. The van der Waals surface area contributed by atoms with Crippen LogP contribution in [0.5, 0.6) is 0 Å². The lowest BCUT2D eigenvalue weighted by Crippen LogP contribution is -2.38. The van der Waals surface area contributed by atoms with Crippen LogP contribution in [0.3, 0.4) is 0 Å². The van der Waals surface area contributed by atoms with E-state index in [1.54, 1.807) is 41.5 Å². The van der Waals surface area contributed by atoms with Crippen molar-refractivity contribution >= 4 is 29.1 Å². The number of H-pyrrole nitrogens is 1. The van der Waals surface area contributed by atoms with Crippen molar-refractivity contribution < 1.29 is 18.7 Å². The molecule has 1 atom stereocenters. The maximum Gasteiger partial charge on any atom is 0.275 e. The van der Waals surface area contributed by atoms with Crippen molar-refractivity contribution in [2.75, 3.05) is 20.8 Å². The summed E-state index contributed by atoms with van der Waals surface area (Å²) in [5.74, 6) is 0.327. The zero-order valence-electron chi connectivity index (χ0n) is 15.1. The van der Waals surface area contributed by atoms with Gasteiger partial charge < -0.3 is 18.8 Å². The van der Waals surface area contributed by atoms with Gasteiger partial charge in [0.05, 0.1) is 18.8 Å². The average molecular weight is 422 g/mol. The van der Waals surface area contributed by atoms with Gasteiger partial charge in [0.15, 0.2) is 17.7 Å². The Bertz CT molecular complexity index is 999. The van der Waals surface area contributed by atoms with Crippen LogP contribution >= 0.6 is 23.2 Å². The van der Waals surface area contributed by atoms with Crippen LogP contribution in [0, 0.1) is 0 Å². The fourth-order valence-corrected chi connectivity index (χ4v) is 3.95. The second-order valence-electron chi connectivity index (χ2n) is 6.27. The molecule has 2 aromatic heterocycles. The number of ether oxygens (including phenoxy) is 2. The van der Waals surface area contributed by atoms with Crippen molar-refractivity contribution in [3.05, 3.63) is 63.5 Å². The lowest BCUT2D eigenvalue weighted by atomic mass is 9.98. The van der Waals surface area contributed by atoms with E-state index in [0.29, 0.717) is 32.8 Å². The van der Waals surface area contributed by atoms with Crippen molar-refractivity contribution in [1.29, 1.82) is 0 Å². The number of furan rings is 1. The monoisotopic (exact) mass is 421 g/mol. The fourth-order valence-electron chi connectivity index (χ4n) is 3.44. The van der Waals surface area contributed by atoms with E-state index >= 15 is 0 Å². The third-order valence-electron chi connectivity index (χ3n) is 4.75. The Hall–Kier alpha value is -2.32. The second kappa shape index (κ2) is 7.60. The minimum Gasteiger partial charge on any atom is -0.463 e. The molecular formula is C19H17Cl2N3O4. The molecular weight excluding hydrogens is 405 g/mol. The van der Waals surface area contributed by atoms with Crippen LogP contribution in [-0.4, -0.2) is 48.1 Å². The minimum absolute atomic E-state index is 0.198. The summed E-state index contributed by atoms with van der Waals surface area (Å²) in [7, 11) is 3.04. The summed E-state index contributed by atoms with van der Waals surface area (Å²) >= 11 is 12.6. The maximum atomic E-state index is 13.1. The van der Waals surface area contributed by atoms with Gasteiger partial charge in [0.25, 0.3) is 5.91 Å². The molecule has 1 aliphatic heterocycles. The molecule has 0 aliphatic carbocycles. The Morgan fingerprint density at radius 3 is 2.71 bits per heavy atom. The minimum atomic E-state index is -0.599. The van der Waals surface area contributed by atoms with Crippen molar-refractivity contribution in [1.82, 2.24) is 15.1 Å². The number of carbonyl (C=O) groups is 1. The highest BCUT2D eigenvalue weighted by molar-refractivity contribution is 6.35. The largest absolute Gasteiger partial charge is 0.463 e.